The molecule has 106 valence electrons. The molecule has 0 aromatic heterocycles. The largest absolute Gasteiger partial charge is 0.489 e. The summed E-state index contributed by atoms with van der Waals surface area (Å²) >= 11 is 0. The van der Waals surface area contributed by atoms with Crippen LogP contribution in [0.3, 0.4) is 0 Å². The van der Waals surface area contributed by atoms with Gasteiger partial charge in [-0.15, -0.1) is 0 Å². The third-order valence-electron chi connectivity index (χ3n) is 2.94. The summed E-state index contributed by atoms with van der Waals surface area (Å²) in [6.07, 6.45) is 0. The lowest BCUT2D eigenvalue weighted by Gasteiger charge is -2.11. The number of rotatable bonds is 5. The first kappa shape index (κ1) is 14.6. The Labute approximate surface area is 124 Å². The van der Waals surface area contributed by atoms with Gasteiger partial charge in [-0.05, 0) is 23.3 Å². The molecule has 2 aromatic carbocycles. The van der Waals surface area contributed by atoms with Crippen LogP contribution in [0.15, 0.2) is 54.6 Å². The summed E-state index contributed by atoms with van der Waals surface area (Å²) in [6.45, 7) is 1.88. The van der Waals surface area contributed by atoms with E-state index in [0.717, 1.165) is 16.9 Å². The fraction of sp³-hybridized carbons (Fsp3) is 0.176. The van der Waals surface area contributed by atoms with Crippen molar-refractivity contribution in [2.24, 2.45) is 0 Å². The van der Waals surface area contributed by atoms with Crippen molar-refractivity contribution in [2.45, 2.75) is 19.6 Å². The summed E-state index contributed by atoms with van der Waals surface area (Å²) in [5.41, 5.74) is 1.83. The van der Waals surface area contributed by atoms with Crippen LogP contribution in [0.5, 0.6) is 5.75 Å². The Hall–Kier alpha value is -2.80. The number of nitrogens with one attached hydrogen (secondary N) is 1. The van der Waals surface area contributed by atoms with Crippen molar-refractivity contribution in [3.63, 3.8) is 0 Å². The maximum atomic E-state index is 11.0. The third kappa shape index (κ3) is 4.36. The zero-order valence-corrected chi connectivity index (χ0v) is 11.7. The molecule has 0 saturated heterocycles. The number of carbonyl (C=O) groups excluding carboxylic acids is 1. The first-order valence-electron chi connectivity index (χ1n) is 6.62. The number of hydrogen-bond donors (Lipinski definition) is 1. The molecule has 21 heavy (non-hydrogen) atoms. The molecule has 4 heteroatoms. The second-order valence-corrected chi connectivity index (χ2v) is 4.61. The minimum Gasteiger partial charge on any atom is -0.489 e. The molecule has 0 heterocycles. The van der Waals surface area contributed by atoms with Crippen molar-refractivity contribution in [2.75, 3.05) is 0 Å². The van der Waals surface area contributed by atoms with Gasteiger partial charge in [0, 0.05) is 6.92 Å². The molecule has 0 bridgehead atoms. The van der Waals surface area contributed by atoms with Crippen molar-refractivity contribution < 1.29 is 9.53 Å². The fourth-order valence-corrected chi connectivity index (χ4v) is 1.89. The van der Waals surface area contributed by atoms with E-state index in [9.17, 15) is 4.79 Å². The molecule has 1 amide bonds. The van der Waals surface area contributed by atoms with Crippen LogP contribution in [0, 0.1) is 11.3 Å². The van der Waals surface area contributed by atoms with E-state index in [2.05, 4.69) is 11.4 Å². The fourth-order valence-electron chi connectivity index (χ4n) is 1.89. The summed E-state index contributed by atoms with van der Waals surface area (Å²) < 4.78 is 5.67. The Morgan fingerprint density at radius 1 is 1.19 bits per heavy atom. The molecule has 0 unspecified atom stereocenters. The molecular formula is C17H16N2O2. The molecule has 0 radical (unpaired) electrons. The van der Waals surface area contributed by atoms with Crippen LogP contribution in [0.2, 0.25) is 0 Å². The van der Waals surface area contributed by atoms with E-state index < -0.39 is 6.04 Å². The van der Waals surface area contributed by atoms with E-state index in [1.165, 1.54) is 6.92 Å². The number of nitriles is 1. The third-order valence-corrected chi connectivity index (χ3v) is 2.94. The van der Waals surface area contributed by atoms with Gasteiger partial charge in [0.15, 0.2) is 0 Å². The van der Waals surface area contributed by atoms with E-state index in [4.69, 9.17) is 10.00 Å². The van der Waals surface area contributed by atoms with Gasteiger partial charge in [0.25, 0.3) is 0 Å². The molecule has 1 N–H and O–H groups in total. The van der Waals surface area contributed by atoms with Crippen LogP contribution in [0.1, 0.15) is 24.1 Å². The Balaban J connectivity index is 1.98. The highest BCUT2D eigenvalue weighted by atomic mass is 16.5. The lowest BCUT2D eigenvalue weighted by molar-refractivity contribution is -0.119. The molecule has 2 aromatic rings. The first-order chi connectivity index (χ1) is 10.2. The van der Waals surface area contributed by atoms with E-state index >= 15 is 0 Å². The molecule has 0 spiro atoms. The smallest absolute Gasteiger partial charge is 0.218 e. The molecule has 0 aliphatic heterocycles. The number of ether oxygens (including phenoxy) is 1. The zero-order valence-electron chi connectivity index (χ0n) is 11.7. The average Bonchev–Trinajstić information content (AvgIpc) is 2.52. The van der Waals surface area contributed by atoms with Gasteiger partial charge >= 0.3 is 0 Å². The molecule has 4 nitrogen and oxygen atoms in total. The molecule has 0 saturated carbocycles. The summed E-state index contributed by atoms with van der Waals surface area (Å²) in [5, 5.41) is 11.6. The van der Waals surface area contributed by atoms with Gasteiger partial charge in [0.05, 0.1) is 6.07 Å². The standard InChI is InChI=1S/C17H16N2O2/c1-13(20)19-17(11-18)15-7-9-16(10-8-15)21-12-14-5-3-2-4-6-14/h2-10,17H,12H2,1H3,(H,19,20)/t17-/m1/s1. The van der Waals surface area contributed by atoms with Crippen LogP contribution in [0.4, 0.5) is 0 Å². The van der Waals surface area contributed by atoms with Gasteiger partial charge in [-0.1, -0.05) is 42.5 Å². The number of nitrogens with zero attached hydrogens (tertiary/aromatic N) is 1. The van der Waals surface area contributed by atoms with Crippen molar-refractivity contribution in [1.82, 2.24) is 5.32 Å². The lowest BCUT2D eigenvalue weighted by Crippen LogP contribution is -2.24. The van der Waals surface area contributed by atoms with Crippen molar-refractivity contribution >= 4 is 5.91 Å². The van der Waals surface area contributed by atoms with Gasteiger partial charge in [0.2, 0.25) is 5.91 Å². The normalized spacial score (nSPS) is 11.2. The summed E-state index contributed by atoms with van der Waals surface area (Å²) in [7, 11) is 0. The molecule has 2 rings (SSSR count). The second-order valence-electron chi connectivity index (χ2n) is 4.61. The molecule has 0 aliphatic carbocycles. The predicted molar refractivity (Wildman–Crippen MR) is 79.4 cm³/mol. The molecule has 0 aliphatic rings. The van der Waals surface area contributed by atoms with Crippen molar-refractivity contribution in [1.29, 1.82) is 5.26 Å². The van der Waals surface area contributed by atoms with E-state index in [0.29, 0.717) is 6.61 Å². The quantitative estimate of drug-likeness (QED) is 0.915. The maximum Gasteiger partial charge on any atom is 0.218 e. The minimum atomic E-state index is -0.634. The van der Waals surface area contributed by atoms with Gasteiger partial charge in [-0.25, -0.2) is 0 Å². The second kappa shape index (κ2) is 7.11. The van der Waals surface area contributed by atoms with Crippen molar-refractivity contribution in [3.8, 4) is 11.8 Å². The Bertz CT molecular complexity index is 630. The summed E-state index contributed by atoms with van der Waals surface area (Å²) in [4.78, 5) is 11.0. The topological polar surface area (TPSA) is 62.1 Å². The minimum absolute atomic E-state index is 0.231. The molecule has 1 atom stereocenters. The highest BCUT2D eigenvalue weighted by Crippen LogP contribution is 2.18. The van der Waals surface area contributed by atoms with Gasteiger partial charge in [0.1, 0.15) is 18.4 Å². The van der Waals surface area contributed by atoms with E-state index in [1.807, 2.05) is 30.3 Å². The highest BCUT2D eigenvalue weighted by molar-refractivity contribution is 5.73. The van der Waals surface area contributed by atoms with E-state index in [-0.39, 0.29) is 5.91 Å². The number of carbonyl (C=O) groups is 1. The zero-order chi connectivity index (χ0) is 15.1. The van der Waals surface area contributed by atoms with Crippen LogP contribution < -0.4 is 10.1 Å². The highest BCUT2D eigenvalue weighted by Gasteiger charge is 2.11. The number of benzene rings is 2. The van der Waals surface area contributed by atoms with Gasteiger partial charge in [-0.3, -0.25) is 4.79 Å². The molecular weight excluding hydrogens is 264 g/mol. The number of amides is 1. The lowest BCUT2D eigenvalue weighted by atomic mass is 10.1. The predicted octanol–water partition coefficient (Wildman–Crippen LogP) is 2.97. The summed E-state index contributed by atoms with van der Waals surface area (Å²) in [5.74, 6) is 0.494. The van der Waals surface area contributed by atoms with Crippen LogP contribution >= 0.6 is 0 Å². The number of hydrogen-bond acceptors (Lipinski definition) is 3. The van der Waals surface area contributed by atoms with E-state index in [1.54, 1.807) is 24.3 Å². The van der Waals surface area contributed by atoms with Gasteiger partial charge in [-0.2, -0.15) is 5.26 Å². The maximum absolute atomic E-state index is 11.0. The van der Waals surface area contributed by atoms with Gasteiger partial charge < -0.3 is 10.1 Å². The monoisotopic (exact) mass is 280 g/mol. The molecule has 0 fully saturated rings. The first-order valence-corrected chi connectivity index (χ1v) is 6.62. The van der Waals surface area contributed by atoms with Crippen LogP contribution in [-0.2, 0) is 11.4 Å². The Kier molecular flexibility index (Phi) is 4.94. The summed E-state index contributed by atoms with van der Waals surface area (Å²) in [6, 6.07) is 18.5. The van der Waals surface area contributed by atoms with Crippen molar-refractivity contribution in [3.05, 3.63) is 65.7 Å². The SMILES string of the molecule is CC(=O)N[C@H](C#N)c1ccc(OCc2ccccc2)cc1. The average molecular weight is 280 g/mol. The Morgan fingerprint density at radius 3 is 2.43 bits per heavy atom. The van der Waals surface area contributed by atoms with Crippen LogP contribution in [-0.4, -0.2) is 5.91 Å². The van der Waals surface area contributed by atoms with Crippen LogP contribution in [0.25, 0.3) is 0 Å². The Morgan fingerprint density at radius 2 is 1.86 bits per heavy atom.